The molecule has 2 fully saturated rings. The second-order valence-corrected chi connectivity index (χ2v) is 6.67. The highest BCUT2D eigenvalue weighted by atomic mass is 32.1. The molecule has 1 saturated carbocycles. The van der Waals surface area contributed by atoms with Crippen molar-refractivity contribution < 1.29 is 13.5 Å². The van der Waals surface area contributed by atoms with Gasteiger partial charge >= 0.3 is 6.61 Å². The Bertz CT molecular complexity index is 536. The summed E-state index contributed by atoms with van der Waals surface area (Å²) in [5, 5.41) is 3.98. The second-order valence-electron chi connectivity index (χ2n) is 6.28. The molecule has 3 nitrogen and oxygen atoms in total. The van der Waals surface area contributed by atoms with Crippen molar-refractivity contribution >= 4 is 23.0 Å². The Morgan fingerprint density at radius 3 is 2.57 bits per heavy atom. The number of piperidine rings is 1. The van der Waals surface area contributed by atoms with Gasteiger partial charge in [-0.3, -0.25) is 0 Å². The Labute approximate surface area is 141 Å². The molecular formula is C17H22F2N2OS. The molecule has 6 heteroatoms. The Morgan fingerprint density at radius 2 is 1.83 bits per heavy atom. The van der Waals surface area contributed by atoms with E-state index in [4.69, 9.17) is 12.2 Å². The topological polar surface area (TPSA) is 24.5 Å². The van der Waals surface area contributed by atoms with Crippen molar-refractivity contribution in [1.82, 2.24) is 4.90 Å². The number of nitrogens with one attached hydrogen (secondary N) is 1. The lowest BCUT2D eigenvalue weighted by Gasteiger charge is -2.45. The maximum atomic E-state index is 12.2. The second kappa shape index (κ2) is 7.43. The molecule has 0 unspecified atom stereocenters. The van der Waals surface area contributed by atoms with E-state index in [1.807, 2.05) is 0 Å². The number of halogens is 2. The van der Waals surface area contributed by atoms with E-state index in [1.165, 1.54) is 50.7 Å². The molecule has 1 aliphatic heterocycles. The van der Waals surface area contributed by atoms with E-state index in [0.717, 1.165) is 23.3 Å². The zero-order valence-electron chi connectivity index (χ0n) is 13.0. The van der Waals surface area contributed by atoms with Crippen LogP contribution in [0.4, 0.5) is 14.5 Å². The average molecular weight is 340 g/mol. The molecule has 0 spiro atoms. The van der Waals surface area contributed by atoms with Gasteiger partial charge in [-0.15, -0.1) is 0 Å². The fourth-order valence-corrected chi connectivity index (χ4v) is 4.14. The standard InChI is InChI=1S/C17H22F2N2OS/c18-16(19)22-14-9-7-13(8-10-14)20-17(23)21-11-3-5-12-4-1-2-6-15(12)21/h7-10,12,15-16H,1-6,11H2,(H,20,23)/t12-,15+/m1/s1. The Morgan fingerprint density at radius 1 is 1.13 bits per heavy atom. The lowest BCUT2D eigenvalue weighted by molar-refractivity contribution is -0.0498. The molecule has 0 radical (unpaired) electrons. The SMILES string of the molecule is FC(F)Oc1ccc(NC(=S)N2CCC[C@H]3CCCC[C@@H]32)cc1. The first kappa shape index (κ1) is 16.4. The molecule has 1 N–H and O–H groups in total. The first-order valence-corrected chi connectivity index (χ1v) is 8.67. The molecule has 0 amide bonds. The molecule has 0 bridgehead atoms. The Hall–Kier alpha value is -1.43. The van der Waals surface area contributed by atoms with Gasteiger partial charge in [0, 0.05) is 18.3 Å². The molecule has 1 heterocycles. The van der Waals surface area contributed by atoms with Gasteiger partial charge in [0.05, 0.1) is 0 Å². The number of fused-ring (bicyclic) bond motifs is 1. The molecule has 1 aromatic rings. The van der Waals surface area contributed by atoms with E-state index in [1.54, 1.807) is 12.1 Å². The average Bonchev–Trinajstić information content (AvgIpc) is 2.55. The van der Waals surface area contributed by atoms with Crippen LogP contribution in [0, 0.1) is 5.92 Å². The lowest BCUT2D eigenvalue weighted by atomic mass is 9.78. The summed E-state index contributed by atoms with van der Waals surface area (Å²) in [5.74, 6) is 0.917. The number of hydrogen-bond acceptors (Lipinski definition) is 2. The van der Waals surface area contributed by atoms with E-state index < -0.39 is 6.61 Å². The van der Waals surface area contributed by atoms with Crippen molar-refractivity contribution in [3.63, 3.8) is 0 Å². The number of benzene rings is 1. The van der Waals surface area contributed by atoms with Crippen LogP contribution in [-0.2, 0) is 0 Å². The minimum absolute atomic E-state index is 0.154. The third kappa shape index (κ3) is 4.10. The number of hydrogen-bond donors (Lipinski definition) is 1. The van der Waals surface area contributed by atoms with Crippen LogP contribution in [0.25, 0.3) is 0 Å². The highest BCUT2D eigenvalue weighted by Gasteiger charge is 2.34. The molecule has 3 rings (SSSR count). The van der Waals surface area contributed by atoms with E-state index in [0.29, 0.717) is 6.04 Å². The van der Waals surface area contributed by atoms with Gasteiger partial charge in [-0.1, -0.05) is 12.8 Å². The molecular weight excluding hydrogens is 318 g/mol. The number of ether oxygens (including phenoxy) is 1. The molecule has 1 aliphatic carbocycles. The highest BCUT2D eigenvalue weighted by Crippen LogP contribution is 2.35. The summed E-state index contributed by atoms with van der Waals surface area (Å²) in [6, 6.07) is 7.03. The quantitative estimate of drug-likeness (QED) is 0.810. The van der Waals surface area contributed by atoms with Crippen LogP contribution in [-0.4, -0.2) is 29.2 Å². The van der Waals surface area contributed by atoms with Crippen molar-refractivity contribution in [2.24, 2.45) is 5.92 Å². The summed E-state index contributed by atoms with van der Waals surface area (Å²) >= 11 is 5.59. The van der Waals surface area contributed by atoms with Crippen LogP contribution >= 0.6 is 12.2 Å². The van der Waals surface area contributed by atoms with Gasteiger partial charge in [-0.25, -0.2) is 0 Å². The van der Waals surface area contributed by atoms with Crippen molar-refractivity contribution in [2.45, 2.75) is 51.2 Å². The minimum Gasteiger partial charge on any atom is -0.435 e. The van der Waals surface area contributed by atoms with Crippen LogP contribution in [0.3, 0.4) is 0 Å². The number of rotatable bonds is 3. The first-order valence-electron chi connectivity index (χ1n) is 8.26. The van der Waals surface area contributed by atoms with Gasteiger partial charge in [-0.2, -0.15) is 8.78 Å². The van der Waals surface area contributed by atoms with Crippen molar-refractivity contribution in [3.8, 4) is 5.75 Å². The number of anilines is 1. The maximum Gasteiger partial charge on any atom is 0.387 e. The largest absolute Gasteiger partial charge is 0.435 e. The molecule has 2 aliphatic rings. The van der Waals surface area contributed by atoms with Crippen LogP contribution in [0.1, 0.15) is 38.5 Å². The fourth-order valence-electron chi connectivity index (χ4n) is 3.79. The summed E-state index contributed by atoms with van der Waals surface area (Å²) < 4.78 is 28.7. The Balaban J connectivity index is 1.61. The van der Waals surface area contributed by atoms with E-state index in [-0.39, 0.29) is 5.75 Å². The van der Waals surface area contributed by atoms with Gasteiger partial charge in [0.15, 0.2) is 5.11 Å². The molecule has 0 aromatic heterocycles. The van der Waals surface area contributed by atoms with Crippen LogP contribution < -0.4 is 10.1 Å². The van der Waals surface area contributed by atoms with E-state index in [9.17, 15) is 8.78 Å². The van der Waals surface area contributed by atoms with Gasteiger partial charge in [0.1, 0.15) is 5.75 Å². The first-order chi connectivity index (χ1) is 11.1. The number of alkyl halides is 2. The number of likely N-dealkylation sites (tertiary alicyclic amines) is 1. The normalized spacial score (nSPS) is 24.2. The summed E-state index contributed by atoms with van der Waals surface area (Å²) in [5.41, 5.74) is 0.801. The fraction of sp³-hybridized carbons (Fsp3) is 0.588. The summed E-state index contributed by atoms with van der Waals surface area (Å²) in [6.45, 7) is -1.80. The lowest BCUT2D eigenvalue weighted by Crippen LogP contribution is -2.51. The van der Waals surface area contributed by atoms with Crippen LogP contribution in [0.2, 0.25) is 0 Å². The van der Waals surface area contributed by atoms with Gasteiger partial charge in [0.2, 0.25) is 0 Å². The van der Waals surface area contributed by atoms with Gasteiger partial charge in [-0.05, 0) is 68.1 Å². The summed E-state index contributed by atoms with van der Waals surface area (Å²) in [6.07, 6.45) is 7.63. The predicted molar refractivity (Wildman–Crippen MR) is 91.0 cm³/mol. The summed E-state index contributed by atoms with van der Waals surface area (Å²) in [7, 11) is 0. The highest BCUT2D eigenvalue weighted by molar-refractivity contribution is 7.80. The minimum atomic E-state index is -2.80. The summed E-state index contributed by atoms with van der Waals surface area (Å²) in [4.78, 5) is 2.33. The van der Waals surface area contributed by atoms with Crippen molar-refractivity contribution in [2.75, 3.05) is 11.9 Å². The predicted octanol–water partition coefficient (Wildman–Crippen LogP) is 4.64. The van der Waals surface area contributed by atoms with Gasteiger partial charge in [0.25, 0.3) is 0 Å². The molecule has 1 saturated heterocycles. The van der Waals surface area contributed by atoms with Gasteiger partial charge < -0.3 is 15.0 Å². The zero-order chi connectivity index (χ0) is 16.2. The van der Waals surface area contributed by atoms with Crippen LogP contribution in [0.5, 0.6) is 5.75 Å². The van der Waals surface area contributed by atoms with E-state index >= 15 is 0 Å². The third-order valence-electron chi connectivity index (χ3n) is 4.83. The molecule has 1 aromatic carbocycles. The maximum absolute atomic E-state index is 12.2. The zero-order valence-corrected chi connectivity index (χ0v) is 13.8. The Kier molecular flexibility index (Phi) is 5.30. The van der Waals surface area contributed by atoms with Crippen molar-refractivity contribution in [1.29, 1.82) is 0 Å². The van der Waals surface area contributed by atoms with E-state index in [2.05, 4.69) is 15.0 Å². The van der Waals surface area contributed by atoms with Crippen LogP contribution in [0.15, 0.2) is 24.3 Å². The number of thiocarbonyl (C=S) groups is 1. The molecule has 23 heavy (non-hydrogen) atoms. The molecule has 126 valence electrons. The monoisotopic (exact) mass is 340 g/mol. The van der Waals surface area contributed by atoms with Crippen molar-refractivity contribution in [3.05, 3.63) is 24.3 Å². The third-order valence-corrected chi connectivity index (χ3v) is 5.17. The number of nitrogens with zero attached hydrogens (tertiary/aromatic N) is 1. The molecule has 2 atom stereocenters. The smallest absolute Gasteiger partial charge is 0.387 e.